The van der Waals surface area contributed by atoms with Crippen LogP contribution in [0.1, 0.15) is 30.0 Å². The average molecular weight is 353 g/mol. The van der Waals surface area contributed by atoms with E-state index >= 15 is 0 Å². The first kappa shape index (κ1) is 16.3. The average Bonchev–Trinajstić information content (AvgIpc) is 2.90. The van der Waals surface area contributed by atoms with Gasteiger partial charge in [0, 0.05) is 12.0 Å². The highest BCUT2D eigenvalue weighted by Gasteiger charge is 2.21. The number of hydrogen-bond acceptors (Lipinski definition) is 3. The molecule has 1 saturated heterocycles. The van der Waals surface area contributed by atoms with Crippen LogP contribution < -0.4 is 10.9 Å². The van der Waals surface area contributed by atoms with E-state index in [0.29, 0.717) is 16.6 Å². The maximum Gasteiger partial charge on any atom is 0.251 e. The molecule has 0 saturated carbocycles. The van der Waals surface area contributed by atoms with E-state index in [1.165, 1.54) is 0 Å². The van der Waals surface area contributed by atoms with Crippen molar-refractivity contribution in [3.8, 4) is 0 Å². The fourth-order valence-electron chi connectivity index (χ4n) is 3.30. The molecule has 122 valence electrons. The Morgan fingerprint density at radius 2 is 2.04 bits per heavy atom. The lowest BCUT2D eigenvalue weighted by Gasteiger charge is -2.23. The molecule has 1 aromatic carbocycles. The number of aromatic amines is 1. The standard InChI is InChI=1S/C16H17ClN4O.ClH/c1-9-2-3-11-14(15(9)17)16-19-13(22)8-12(21(16)20-11)10-4-6-18-7-5-10;/h2-3,8,10,18H,4-7H2,1H3,(H,19,22);1H. The van der Waals surface area contributed by atoms with Crippen LogP contribution in [0.5, 0.6) is 0 Å². The summed E-state index contributed by atoms with van der Waals surface area (Å²) in [5, 5.41) is 9.51. The SMILES string of the molecule is Cc1ccc2nn3c(C4CCNCC4)cc(=O)[nH]c3c2c1Cl.Cl. The second-order valence-corrected chi connectivity index (χ2v) is 6.31. The summed E-state index contributed by atoms with van der Waals surface area (Å²) in [4.78, 5) is 15.0. The summed E-state index contributed by atoms with van der Waals surface area (Å²) in [6.45, 7) is 3.90. The van der Waals surface area contributed by atoms with Gasteiger partial charge in [0.15, 0.2) is 0 Å². The second kappa shape index (κ2) is 6.15. The summed E-state index contributed by atoms with van der Waals surface area (Å²) in [6.07, 6.45) is 2.03. The van der Waals surface area contributed by atoms with Crippen LogP contribution in [-0.4, -0.2) is 27.7 Å². The third kappa shape index (κ3) is 2.63. The summed E-state index contributed by atoms with van der Waals surface area (Å²) in [5.74, 6) is 0.347. The Morgan fingerprint density at radius 3 is 2.78 bits per heavy atom. The fraction of sp³-hybridized carbons (Fsp3) is 0.375. The highest BCUT2D eigenvalue weighted by Crippen LogP contribution is 2.31. The lowest BCUT2D eigenvalue weighted by atomic mass is 9.94. The number of rotatable bonds is 1. The molecule has 0 bridgehead atoms. The fourth-order valence-corrected chi connectivity index (χ4v) is 3.55. The number of aromatic nitrogens is 3. The third-order valence-corrected chi connectivity index (χ3v) is 4.98. The van der Waals surface area contributed by atoms with Crippen LogP contribution in [0, 0.1) is 6.92 Å². The van der Waals surface area contributed by atoms with E-state index in [2.05, 4.69) is 15.4 Å². The minimum Gasteiger partial charge on any atom is -0.317 e. The van der Waals surface area contributed by atoms with E-state index in [0.717, 1.165) is 48.1 Å². The van der Waals surface area contributed by atoms with Gasteiger partial charge in [-0.3, -0.25) is 4.79 Å². The summed E-state index contributed by atoms with van der Waals surface area (Å²) in [5.41, 5.74) is 3.38. The lowest BCUT2D eigenvalue weighted by Crippen LogP contribution is -2.28. The Bertz CT molecular complexity index is 925. The molecule has 2 N–H and O–H groups in total. The first-order valence-corrected chi connectivity index (χ1v) is 7.94. The van der Waals surface area contributed by atoms with Crippen LogP contribution in [0.3, 0.4) is 0 Å². The van der Waals surface area contributed by atoms with E-state index < -0.39 is 0 Å². The molecule has 0 unspecified atom stereocenters. The van der Waals surface area contributed by atoms with Gasteiger partial charge in [0.2, 0.25) is 0 Å². The van der Waals surface area contributed by atoms with Gasteiger partial charge in [-0.15, -0.1) is 12.4 Å². The molecule has 1 fully saturated rings. The van der Waals surface area contributed by atoms with E-state index in [1.54, 1.807) is 6.07 Å². The summed E-state index contributed by atoms with van der Waals surface area (Å²) < 4.78 is 1.87. The first-order chi connectivity index (χ1) is 10.6. The van der Waals surface area contributed by atoms with Crippen molar-refractivity contribution >= 4 is 40.6 Å². The maximum atomic E-state index is 12.1. The second-order valence-electron chi connectivity index (χ2n) is 5.93. The van der Waals surface area contributed by atoms with E-state index in [4.69, 9.17) is 11.6 Å². The van der Waals surface area contributed by atoms with Crippen molar-refractivity contribution < 1.29 is 0 Å². The zero-order valence-electron chi connectivity index (χ0n) is 12.7. The van der Waals surface area contributed by atoms with Crippen LogP contribution >= 0.6 is 24.0 Å². The van der Waals surface area contributed by atoms with Gasteiger partial charge in [0.25, 0.3) is 5.56 Å². The number of nitrogens with one attached hydrogen (secondary N) is 2. The molecule has 1 aliphatic heterocycles. The van der Waals surface area contributed by atoms with Crippen LogP contribution in [0.2, 0.25) is 5.02 Å². The van der Waals surface area contributed by atoms with Crippen molar-refractivity contribution in [2.45, 2.75) is 25.7 Å². The highest BCUT2D eigenvalue weighted by molar-refractivity contribution is 6.37. The molecule has 3 aromatic rings. The molecule has 0 spiro atoms. The molecular formula is C16H18Cl2N4O. The Morgan fingerprint density at radius 1 is 1.30 bits per heavy atom. The molecule has 0 atom stereocenters. The Labute approximate surface area is 144 Å². The molecule has 23 heavy (non-hydrogen) atoms. The summed E-state index contributed by atoms with van der Waals surface area (Å²) in [7, 11) is 0. The van der Waals surface area contributed by atoms with Gasteiger partial charge in [0.05, 0.1) is 21.6 Å². The molecule has 0 aliphatic carbocycles. The predicted molar refractivity (Wildman–Crippen MR) is 95.2 cm³/mol. The first-order valence-electron chi connectivity index (χ1n) is 7.56. The Kier molecular flexibility index (Phi) is 4.36. The zero-order valence-corrected chi connectivity index (χ0v) is 14.3. The van der Waals surface area contributed by atoms with Gasteiger partial charge in [-0.05, 0) is 44.5 Å². The maximum absolute atomic E-state index is 12.1. The zero-order chi connectivity index (χ0) is 15.3. The van der Waals surface area contributed by atoms with Gasteiger partial charge in [-0.2, -0.15) is 5.10 Å². The van der Waals surface area contributed by atoms with E-state index in [-0.39, 0.29) is 18.0 Å². The number of nitrogens with zero attached hydrogens (tertiary/aromatic N) is 2. The van der Waals surface area contributed by atoms with E-state index in [9.17, 15) is 4.79 Å². The number of fused-ring (bicyclic) bond motifs is 3. The summed E-state index contributed by atoms with van der Waals surface area (Å²) >= 11 is 6.45. The van der Waals surface area contributed by atoms with Crippen LogP contribution in [0.4, 0.5) is 0 Å². The van der Waals surface area contributed by atoms with Crippen LogP contribution in [0.25, 0.3) is 16.6 Å². The number of benzene rings is 1. The largest absolute Gasteiger partial charge is 0.317 e. The third-order valence-electron chi connectivity index (χ3n) is 4.49. The number of hydrogen-bond donors (Lipinski definition) is 2. The lowest BCUT2D eigenvalue weighted by molar-refractivity contribution is 0.446. The normalized spacial score (nSPS) is 15.9. The number of piperidine rings is 1. The Hall–Kier alpha value is -1.56. The van der Waals surface area contributed by atoms with Crippen LogP contribution in [-0.2, 0) is 0 Å². The monoisotopic (exact) mass is 352 g/mol. The summed E-state index contributed by atoms with van der Waals surface area (Å²) in [6, 6.07) is 5.59. The molecule has 5 nitrogen and oxygen atoms in total. The minimum absolute atomic E-state index is 0. The molecule has 2 aromatic heterocycles. The quantitative estimate of drug-likeness (QED) is 0.707. The van der Waals surface area contributed by atoms with Crippen molar-refractivity contribution in [1.82, 2.24) is 19.9 Å². The smallest absolute Gasteiger partial charge is 0.251 e. The van der Waals surface area contributed by atoms with Crippen molar-refractivity contribution in [1.29, 1.82) is 0 Å². The number of halogens is 2. The van der Waals surface area contributed by atoms with E-state index in [1.807, 2.05) is 23.6 Å². The molecule has 4 rings (SSSR count). The van der Waals surface area contributed by atoms with Gasteiger partial charge < -0.3 is 10.3 Å². The van der Waals surface area contributed by atoms with Gasteiger partial charge in [0.1, 0.15) is 5.65 Å². The molecule has 3 heterocycles. The minimum atomic E-state index is -0.0968. The van der Waals surface area contributed by atoms with Gasteiger partial charge >= 0.3 is 0 Å². The highest BCUT2D eigenvalue weighted by atomic mass is 35.5. The van der Waals surface area contributed by atoms with Crippen molar-refractivity contribution in [3.63, 3.8) is 0 Å². The number of aryl methyl sites for hydroxylation is 1. The molecular weight excluding hydrogens is 335 g/mol. The molecule has 7 heteroatoms. The number of H-pyrrole nitrogens is 1. The van der Waals surface area contributed by atoms with Gasteiger partial charge in [-0.1, -0.05) is 17.7 Å². The van der Waals surface area contributed by atoms with Gasteiger partial charge in [-0.25, -0.2) is 4.52 Å². The van der Waals surface area contributed by atoms with Crippen LogP contribution in [0.15, 0.2) is 23.0 Å². The topological polar surface area (TPSA) is 62.2 Å². The Balaban J connectivity index is 0.00000156. The molecule has 0 amide bonds. The predicted octanol–water partition coefficient (Wildman–Crippen LogP) is 3.03. The molecule has 0 radical (unpaired) electrons. The van der Waals surface area contributed by atoms with Crippen molar-refractivity contribution in [2.75, 3.05) is 13.1 Å². The van der Waals surface area contributed by atoms with Crippen molar-refractivity contribution in [2.24, 2.45) is 0 Å². The van der Waals surface area contributed by atoms with Crippen molar-refractivity contribution in [3.05, 3.63) is 44.8 Å². The molecule has 1 aliphatic rings.